The van der Waals surface area contributed by atoms with Crippen LogP contribution in [0.15, 0.2) is 0 Å². The Balaban J connectivity index is 2.14. The van der Waals surface area contributed by atoms with Gasteiger partial charge in [0.2, 0.25) is 5.28 Å². The quantitative estimate of drug-likeness (QED) is 0.835. The van der Waals surface area contributed by atoms with Crippen LogP contribution in [-0.4, -0.2) is 28.3 Å². The Bertz CT molecular complexity index is 368. The van der Waals surface area contributed by atoms with Gasteiger partial charge in [-0.25, -0.2) is 0 Å². The van der Waals surface area contributed by atoms with Crippen molar-refractivity contribution in [1.29, 1.82) is 0 Å². The molecule has 1 aromatic rings. The summed E-state index contributed by atoms with van der Waals surface area (Å²) in [5.74, 6) is 1.40. The lowest BCUT2D eigenvalue weighted by Crippen LogP contribution is -2.33. The van der Waals surface area contributed by atoms with Crippen molar-refractivity contribution < 1.29 is 0 Å². The van der Waals surface area contributed by atoms with Gasteiger partial charge in [-0.2, -0.15) is 4.98 Å². The second kappa shape index (κ2) is 5.15. The van der Waals surface area contributed by atoms with E-state index in [1.165, 1.54) is 19.3 Å². The molecule has 6 heteroatoms. The fraction of sp³-hybridized carbons (Fsp3) is 0.700. The van der Waals surface area contributed by atoms with Crippen LogP contribution in [0, 0.1) is 5.92 Å². The van der Waals surface area contributed by atoms with E-state index < -0.39 is 0 Å². The summed E-state index contributed by atoms with van der Waals surface area (Å²) in [4.78, 5) is 6.26. The average Bonchev–Trinajstić information content (AvgIpc) is 2.21. The van der Waals surface area contributed by atoms with Crippen molar-refractivity contribution >= 4 is 29.0 Å². The third kappa shape index (κ3) is 2.55. The molecule has 1 aromatic heterocycles. The Labute approximate surface area is 105 Å². The lowest BCUT2D eigenvalue weighted by atomic mass is 9.85. The summed E-state index contributed by atoms with van der Waals surface area (Å²) in [5.41, 5.74) is 0. The standard InChI is InChI=1S/C10H14Cl2N4/c1-2-16(6-7-4-3-5-7)9-8(11)14-15-10(12)13-9/h7H,2-6H2,1H3. The van der Waals surface area contributed by atoms with Crippen LogP contribution in [0.5, 0.6) is 0 Å². The lowest BCUT2D eigenvalue weighted by Gasteiger charge is -2.32. The van der Waals surface area contributed by atoms with E-state index in [1.54, 1.807) is 0 Å². The van der Waals surface area contributed by atoms with Gasteiger partial charge in [0.15, 0.2) is 11.0 Å². The minimum absolute atomic E-state index is 0.145. The van der Waals surface area contributed by atoms with Gasteiger partial charge in [0.05, 0.1) is 0 Å². The predicted molar refractivity (Wildman–Crippen MR) is 65.1 cm³/mol. The van der Waals surface area contributed by atoms with Gasteiger partial charge >= 0.3 is 0 Å². The number of hydrogen-bond acceptors (Lipinski definition) is 4. The highest BCUT2D eigenvalue weighted by atomic mass is 35.5. The molecule has 0 radical (unpaired) electrons. The maximum absolute atomic E-state index is 5.98. The fourth-order valence-corrected chi connectivity index (χ4v) is 2.16. The fourth-order valence-electron chi connectivity index (χ4n) is 1.84. The zero-order valence-electron chi connectivity index (χ0n) is 9.16. The number of nitrogens with zero attached hydrogens (tertiary/aromatic N) is 4. The van der Waals surface area contributed by atoms with Gasteiger partial charge in [-0.3, -0.25) is 0 Å². The summed E-state index contributed by atoms with van der Waals surface area (Å²) in [5, 5.41) is 7.86. The molecule has 0 saturated heterocycles. The molecule has 1 fully saturated rings. The minimum atomic E-state index is 0.145. The van der Waals surface area contributed by atoms with Crippen LogP contribution in [0.3, 0.4) is 0 Å². The van der Waals surface area contributed by atoms with Crippen molar-refractivity contribution in [3.05, 3.63) is 10.4 Å². The molecule has 0 atom stereocenters. The highest BCUT2D eigenvalue weighted by molar-refractivity contribution is 6.32. The first-order valence-electron chi connectivity index (χ1n) is 5.51. The van der Waals surface area contributed by atoms with Crippen LogP contribution in [0.4, 0.5) is 5.82 Å². The molecule has 1 aliphatic carbocycles. The third-order valence-corrected chi connectivity index (χ3v) is 3.39. The zero-order chi connectivity index (χ0) is 11.5. The van der Waals surface area contributed by atoms with Crippen LogP contribution in [0.1, 0.15) is 26.2 Å². The van der Waals surface area contributed by atoms with Crippen molar-refractivity contribution in [3.63, 3.8) is 0 Å². The average molecular weight is 261 g/mol. The van der Waals surface area contributed by atoms with Crippen molar-refractivity contribution in [2.24, 2.45) is 5.92 Å². The molecule has 0 aromatic carbocycles. The van der Waals surface area contributed by atoms with Gasteiger partial charge in [-0.05, 0) is 37.3 Å². The van der Waals surface area contributed by atoms with E-state index >= 15 is 0 Å². The lowest BCUT2D eigenvalue weighted by molar-refractivity contribution is 0.318. The second-order valence-corrected chi connectivity index (χ2v) is 4.73. The summed E-state index contributed by atoms with van der Waals surface area (Å²) < 4.78 is 0. The molecule has 88 valence electrons. The van der Waals surface area contributed by atoms with E-state index in [9.17, 15) is 0 Å². The molecular weight excluding hydrogens is 247 g/mol. The van der Waals surface area contributed by atoms with E-state index in [2.05, 4.69) is 27.0 Å². The largest absolute Gasteiger partial charge is 0.354 e. The van der Waals surface area contributed by atoms with E-state index in [0.29, 0.717) is 11.0 Å². The first kappa shape index (κ1) is 11.9. The zero-order valence-corrected chi connectivity index (χ0v) is 10.7. The van der Waals surface area contributed by atoms with Gasteiger partial charge in [0.25, 0.3) is 0 Å². The number of halogens is 2. The van der Waals surface area contributed by atoms with Gasteiger partial charge < -0.3 is 4.90 Å². The van der Waals surface area contributed by atoms with E-state index in [4.69, 9.17) is 23.2 Å². The number of rotatable bonds is 4. The third-order valence-electron chi connectivity index (χ3n) is 2.99. The molecule has 0 N–H and O–H groups in total. The maximum Gasteiger partial charge on any atom is 0.245 e. The van der Waals surface area contributed by atoms with Crippen LogP contribution in [-0.2, 0) is 0 Å². The topological polar surface area (TPSA) is 41.9 Å². The molecule has 1 heterocycles. The van der Waals surface area contributed by atoms with E-state index in [0.717, 1.165) is 19.0 Å². The molecule has 0 bridgehead atoms. The predicted octanol–water partition coefficient (Wildman–Crippen LogP) is 2.80. The molecule has 1 aliphatic rings. The monoisotopic (exact) mass is 260 g/mol. The highest BCUT2D eigenvalue weighted by Gasteiger charge is 2.22. The van der Waals surface area contributed by atoms with Gasteiger partial charge in [0.1, 0.15) is 0 Å². The van der Waals surface area contributed by atoms with Crippen LogP contribution >= 0.6 is 23.2 Å². The van der Waals surface area contributed by atoms with Crippen LogP contribution in [0.25, 0.3) is 0 Å². The Hall–Kier alpha value is -0.610. The molecule has 4 nitrogen and oxygen atoms in total. The molecular formula is C10H14Cl2N4. The molecule has 0 unspecified atom stereocenters. The minimum Gasteiger partial charge on any atom is -0.354 e. The van der Waals surface area contributed by atoms with Crippen molar-refractivity contribution in [3.8, 4) is 0 Å². The Morgan fingerprint density at radius 1 is 1.31 bits per heavy atom. The van der Waals surface area contributed by atoms with E-state index in [1.807, 2.05) is 0 Å². The summed E-state index contributed by atoms with van der Waals surface area (Å²) in [6.07, 6.45) is 3.92. The van der Waals surface area contributed by atoms with Crippen molar-refractivity contribution in [1.82, 2.24) is 15.2 Å². The first-order valence-corrected chi connectivity index (χ1v) is 6.27. The number of anilines is 1. The first-order chi connectivity index (χ1) is 7.70. The van der Waals surface area contributed by atoms with Gasteiger partial charge in [0, 0.05) is 13.1 Å². The Morgan fingerprint density at radius 3 is 2.62 bits per heavy atom. The summed E-state index contributed by atoms with van der Waals surface area (Å²) in [6, 6.07) is 0. The summed E-state index contributed by atoms with van der Waals surface area (Å²) >= 11 is 11.7. The van der Waals surface area contributed by atoms with Crippen molar-refractivity contribution in [2.75, 3.05) is 18.0 Å². The smallest absolute Gasteiger partial charge is 0.245 e. The highest BCUT2D eigenvalue weighted by Crippen LogP contribution is 2.30. The molecule has 1 saturated carbocycles. The van der Waals surface area contributed by atoms with Gasteiger partial charge in [-0.1, -0.05) is 18.0 Å². The normalized spacial score (nSPS) is 15.9. The maximum atomic E-state index is 5.98. The number of hydrogen-bond donors (Lipinski definition) is 0. The molecule has 0 amide bonds. The van der Waals surface area contributed by atoms with Gasteiger partial charge in [-0.15, -0.1) is 10.2 Å². The number of aromatic nitrogens is 3. The Kier molecular flexibility index (Phi) is 3.82. The van der Waals surface area contributed by atoms with Crippen LogP contribution < -0.4 is 4.90 Å². The molecule has 2 rings (SSSR count). The summed E-state index contributed by atoms with van der Waals surface area (Å²) in [6.45, 7) is 3.90. The SMILES string of the molecule is CCN(CC1CCC1)c1nc(Cl)nnc1Cl. The molecule has 16 heavy (non-hydrogen) atoms. The van der Waals surface area contributed by atoms with Crippen LogP contribution in [0.2, 0.25) is 10.4 Å². The molecule has 0 aliphatic heterocycles. The Morgan fingerprint density at radius 2 is 2.06 bits per heavy atom. The van der Waals surface area contributed by atoms with Crippen molar-refractivity contribution in [2.45, 2.75) is 26.2 Å². The second-order valence-electron chi connectivity index (χ2n) is 4.03. The van der Waals surface area contributed by atoms with E-state index in [-0.39, 0.29) is 5.28 Å². The molecule has 0 spiro atoms. The summed E-state index contributed by atoms with van der Waals surface area (Å²) in [7, 11) is 0.